The highest BCUT2D eigenvalue weighted by molar-refractivity contribution is 6.30. The number of piperazine rings is 1. The molecule has 2 aliphatic heterocycles. The Hall–Kier alpha value is -2.16. The van der Waals surface area contributed by atoms with E-state index in [0.29, 0.717) is 56.4 Å². The van der Waals surface area contributed by atoms with Gasteiger partial charge in [0.1, 0.15) is 6.04 Å². The molecule has 8 nitrogen and oxygen atoms in total. The van der Waals surface area contributed by atoms with Gasteiger partial charge in [-0.1, -0.05) is 43.0 Å². The van der Waals surface area contributed by atoms with Crippen LogP contribution in [0.15, 0.2) is 24.3 Å². The van der Waals surface area contributed by atoms with Crippen LogP contribution in [-0.4, -0.2) is 73.5 Å². The Morgan fingerprint density at radius 1 is 1.03 bits per heavy atom. The molecule has 9 heteroatoms. The van der Waals surface area contributed by atoms with Gasteiger partial charge >= 0.3 is 0 Å². The minimum Gasteiger partial charge on any atom is -0.353 e. The third kappa shape index (κ3) is 7.07. The lowest BCUT2D eigenvalue weighted by Crippen LogP contribution is -2.61. The highest BCUT2D eigenvalue weighted by Crippen LogP contribution is 2.46. The van der Waals surface area contributed by atoms with E-state index in [-0.39, 0.29) is 29.8 Å². The van der Waals surface area contributed by atoms with Crippen molar-refractivity contribution < 1.29 is 14.4 Å². The molecular formula is C29H44ClN5O3. The van der Waals surface area contributed by atoms with Crippen molar-refractivity contribution in [1.29, 1.82) is 0 Å². The van der Waals surface area contributed by atoms with Gasteiger partial charge in [-0.15, -0.1) is 0 Å². The van der Waals surface area contributed by atoms with Gasteiger partial charge in [-0.2, -0.15) is 0 Å². The third-order valence-corrected chi connectivity index (χ3v) is 8.80. The van der Waals surface area contributed by atoms with Crippen molar-refractivity contribution in [3.8, 4) is 0 Å². The van der Waals surface area contributed by atoms with Crippen LogP contribution >= 0.6 is 11.6 Å². The number of piperidine rings is 1. The molecule has 1 aliphatic carbocycles. The zero-order valence-electron chi connectivity index (χ0n) is 22.9. The highest BCUT2D eigenvalue weighted by Gasteiger charge is 2.48. The van der Waals surface area contributed by atoms with E-state index >= 15 is 0 Å². The summed E-state index contributed by atoms with van der Waals surface area (Å²) < 4.78 is 0. The number of benzene rings is 1. The van der Waals surface area contributed by atoms with Crippen LogP contribution in [0.25, 0.3) is 0 Å². The lowest BCUT2D eigenvalue weighted by Gasteiger charge is -2.47. The van der Waals surface area contributed by atoms with Crippen molar-refractivity contribution in [2.24, 2.45) is 11.3 Å². The zero-order chi connectivity index (χ0) is 27.1. The first-order chi connectivity index (χ1) is 18.3. The summed E-state index contributed by atoms with van der Waals surface area (Å²) >= 11 is 6.07. The van der Waals surface area contributed by atoms with Gasteiger partial charge in [0, 0.05) is 50.2 Å². The van der Waals surface area contributed by atoms with E-state index in [9.17, 15) is 14.4 Å². The number of halogens is 1. The van der Waals surface area contributed by atoms with Crippen LogP contribution in [0.2, 0.25) is 5.02 Å². The van der Waals surface area contributed by atoms with Gasteiger partial charge in [0.2, 0.25) is 17.7 Å². The van der Waals surface area contributed by atoms with Crippen molar-refractivity contribution in [1.82, 2.24) is 26.2 Å². The first-order valence-electron chi connectivity index (χ1n) is 14.4. The summed E-state index contributed by atoms with van der Waals surface area (Å²) in [5.41, 5.74) is 0.515. The number of rotatable bonds is 8. The molecule has 2 atom stereocenters. The Labute approximate surface area is 232 Å². The van der Waals surface area contributed by atoms with Gasteiger partial charge < -0.3 is 26.2 Å². The van der Waals surface area contributed by atoms with E-state index in [2.05, 4.69) is 21.3 Å². The third-order valence-electron chi connectivity index (χ3n) is 8.55. The summed E-state index contributed by atoms with van der Waals surface area (Å²) in [5.74, 6) is 0.253. The predicted octanol–water partition coefficient (Wildman–Crippen LogP) is 2.64. The molecular weight excluding hydrogens is 502 g/mol. The first-order valence-corrected chi connectivity index (χ1v) is 14.7. The molecule has 3 aliphatic rings. The largest absolute Gasteiger partial charge is 0.353 e. The summed E-state index contributed by atoms with van der Waals surface area (Å²) in [6.45, 7) is 7.12. The molecule has 3 amide bonds. The molecule has 2 heterocycles. The van der Waals surface area contributed by atoms with Gasteiger partial charge in [-0.05, 0) is 63.1 Å². The molecule has 0 radical (unpaired) electrons. The van der Waals surface area contributed by atoms with Crippen LogP contribution in [-0.2, 0) is 20.8 Å². The second kappa shape index (κ2) is 13.3. The van der Waals surface area contributed by atoms with Crippen molar-refractivity contribution in [3.63, 3.8) is 0 Å². The van der Waals surface area contributed by atoms with Gasteiger partial charge in [0.15, 0.2) is 0 Å². The number of carbonyl (C=O) groups is 3. The molecule has 0 bridgehead atoms. The Morgan fingerprint density at radius 2 is 1.71 bits per heavy atom. The van der Waals surface area contributed by atoms with Crippen LogP contribution in [0.1, 0.15) is 64.4 Å². The summed E-state index contributed by atoms with van der Waals surface area (Å²) in [5, 5.41) is 13.3. The van der Waals surface area contributed by atoms with Gasteiger partial charge in [0.25, 0.3) is 0 Å². The summed E-state index contributed by atoms with van der Waals surface area (Å²) in [6, 6.07) is 6.44. The Bertz CT molecular complexity index is 949. The number of likely N-dealkylation sites (tertiary alicyclic amines) is 1. The van der Waals surface area contributed by atoms with Crippen LogP contribution in [0.5, 0.6) is 0 Å². The predicted molar refractivity (Wildman–Crippen MR) is 150 cm³/mol. The first kappa shape index (κ1) is 28.8. The normalized spacial score (nSPS) is 23.1. The quantitative estimate of drug-likeness (QED) is 0.402. The molecule has 0 spiro atoms. The number of hydrogen-bond acceptors (Lipinski definition) is 5. The smallest absolute Gasteiger partial charge is 0.245 e. The Balaban J connectivity index is 1.48. The fourth-order valence-corrected chi connectivity index (χ4v) is 6.52. The van der Waals surface area contributed by atoms with E-state index in [1.54, 1.807) is 12.1 Å². The van der Waals surface area contributed by atoms with E-state index in [1.807, 2.05) is 30.9 Å². The molecule has 2 saturated heterocycles. The summed E-state index contributed by atoms with van der Waals surface area (Å²) in [4.78, 5) is 42.3. The number of hydrogen-bond donors (Lipinski definition) is 4. The average molecular weight is 546 g/mol. The number of nitrogens with zero attached hydrogens (tertiary/aromatic N) is 1. The molecule has 4 N–H and O–H groups in total. The van der Waals surface area contributed by atoms with E-state index in [1.165, 1.54) is 19.3 Å². The highest BCUT2D eigenvalue weighted by atomic mass is 35.5. The van der Waals surface area contributed by atoms with E-state index in [4.69, 9.17) is 11.6 Å². The van der Waals surface area contributed by atoms with Crippen molar-refractivity contribution in [2.45, 2.75) is 83.3 Å². The fraction of sp³-hybridized carbons (Fsp3) is 0.690. The maximum atomic E-state index is 13.9. The molecule has 0 aromatic heterocycles. The average Bonchev–Trinajstić information content (AvgIpc) is 2.94. The topological polar surface area (TPSA) is 103 Å². The molecule has 3 fully saturated rings. The monoisotopic (exact) mass is 545 g/mol. The van der Waals surface area contributed by atoms with E-state index < -0.39 is 11.5 Å². The summed E-state index contributed by atoms with van der Waals surface area (Å²) in [6.07, 6.45) is 7.45. The van der Waals surface area contributed by atoms with Crippen LogP contribution < -0.4 is 21.3 Å². The number of nitrogens with one attached hydrogen (secondary N) is 4. The van der Waals surface area contributed by atoms with Crippen molar-refractivity contribution >= 4 is 29.3 Å². The van der Waals surface area contributed by atoms with Crippen LogP contribution in [0.3, 0.4) is 0 Å². The second-order valence-electron chi connectivity index (χ2n) is 11.5. The number of amides is 3. The van der Waals surface area contributed by atoms with Crippen molar-refractivity contribution in [2.75, 3.05) is 32.7 Å². The molecule has 210 valence electrons. The Kier molecular flexibility index (Phi) is 10.1. The van der Waals surface area contributed by atoms with Gasteiger partial charge in [-0.25, -0.2) is 0 Å². The van der Waals surface area contributed by atoms with Crippen LogP contribution in [0.4, 0.5) is 0 Å². The molecule has 0 unspecified atom stereocenters. The van der Waals surface area contributed by atoms with Crippen LogP contribution in [0, 0.1) is 11.3 Å². The maximum absolute atomic E-state index is 13.9. The SMILES string of the molecule is CC(C)NC(=O)C1(C2CCCCC2)CCN(C(=O)[C@@H](Cc2ccc(Cl)cc2)NC(=O)[C@@H]2CNCCN2)CC1. The second-order valence-corrected chi connectivity index (χ2v) is 12.0. The standard InChI is InChI=1S/C29H44ClN5O3/c1-20(2)33-28(38)29(22-6-4-3-5-7-22)12-16-35(17-13-29)27(37)24(18-21-8-10-23(30)11-9-21)34-26(36)25-19-31-14-15-32-25/h8-11,20,22,24-25,31-32H,3-7,12-19H2,1-2H3,(H,33,38)(H,34,36)/t24-,25+/m1/s1. The van der Waals surface area contributed by atoms with E-state index in [0.717, 1.165) is 24.9 Å². The molecule has 1 aromatic rings. The fourth-order valence-electron chi connectivity index (χ4n) is 6.40. The van der Waals surface area contributed by atoms with Gasteiger partial charge in [0.05, 0.1) is 11.5 Å². The molecule has 1 saturated carbocycles. The maximum Gasteiger partial charge on any atom is 0.245 e. The number of carbonyl (C=O) groups excluding carboxylic acids is 3. The molecule has 38 heavy (non-hydrogen) atoms. The zero-order valence-corrected chi connectivity index (χ0v) is 23.6. The lowest BCUT2D eigenvalue weighted by atomic mass is 9.63. The Morgan fingerprint density at radius 3 is 2.32 bits per heavy atom. The minimum atomic E-state index is -0.681. The summed E-state index contributed by atoms with van der Waals surface area (Å²) in [7, 11) is 0. The lowest BCUT2D eigenvalue weighted by molar-refractivity contribution is -0.147. The molecule has 1 aromatic carbocycles. The van der Waals surface area contributed by atoms with Crippen molar-refractivity contribution in [3.05, 3.63) is 34.9 Å². The minimum absolute atomic E-state index is 0.0846. The van der Waals surface area contributed by atoms with Gasteiger partial charge in [-0.3, -0.25) is 14.4 Å². The molecule has 4 rings (SSSR count).